The second kappa shape index (κ2) is 4.73. The highest BCUT2D eigenvalue weighted by molar-refractivity contribution is 5.95. The molecule has 1 aromatic carbocycles. The van der Waals surface area contributed by atoms with E-state index in [1.54, 1.807) is 0 Å². The van der Waals surface area contributed by atoms with E-state index in [0.29, 0.717) is 12.5 Å². The Labute approximate surface area is 109 Å². The quantitative estimate of drug-likeness (QED) is 0.855. The van der Waals surface area contributed by atoms with Crippen molar-refractivity contribution in [3.8, 4) is 0 Å². The van der Waals surface area contributed by atoms with E-state index in [4.69, 9.17) is 5.73 Å². The van der Waals surface area contributed by atoms with Crippen LogP contribution in [0.5, 0.6) is 0 Å². The van der Waals surface area contributed by atoms with Gasteiger partial charge in [-0.3, -0.25) is 4.79 Å². The third-order valence-corrected chi connectivity index (χ3v) is 4.07. The molecule has 1 amide bonds. The fourth-order valence-electron chi connectivity index (χ4n) is 2.25. The smallest absolute Gasteiger partial charge is 0.251 e. The highest BCUT2D eigenvalue weighted by atomic mass is 16.1. The second-order valence-electron chi connectivity index (χ2n) is 5.65. The summed E-state index contributed by atoms with van der Waals surface area (Å²) in [5.74, 6) is 0.524. The Hall–Kier alpha value is -1.35. The first-order valence-corrected chi connectivity index (χ1v) is 6.56. The Morgan fingerprint density at radius 2 is 2.06 bits per heavy atom. The van der Waals surface area contributed by atoms with Gasteiger partial charge in [-0.15, -0.1) is 0 Å². The Bertz CT molecular complexity index is 466. The van der Waals surface area contributed by atoms with Gasteiger partial charge in [-0.2, -0.15) is 0 Å². The molecule has 0 radical (unpaired) electrons. The lowest BCUT2D eigenvalue weighted by atomic mass is 9.95. The molecule has 3 N–H and O–H groups in total. The third-order valence-electron chi connectivity index (χ3n) is 4.07. The standard InChI is InChI=1S/C15H22N2O/c1-10-4-5-12(8-11(10)2)14(18)17-15(3,9-16)13-6-7-13/h4-5,8,13H,6-7,9,16H2,1-3H3,(H,17,18). The Balaban J connectivity index is 2.13. The molecule has 1 fully saturated rings. The normalized spacial score (nSPS) is 18.2. The summed E-state index contributed by atoms with van der Waals surface area (Å²) in [5, 5.41) is 3.10. The van der Waals surface area contributed by atoms with Crippen LogP contribution in [0.2, 0.25) is 0 Å². The van der Waals surface area contributed by atoms with Gasteiger partial charge in [0.15, 0.2) is 0 Å². The molecule has 2 rings (SSSR count). The summed E-state index contributed by atoms with van der Waals surface area (Å²) in [5.41, 5.74) is 8.63. The SMILES string of the molecule is Cc1ccc(C(=O)NC(C)(CN)C2CC2)cc1C. The summed E-state index contributed by atoms with van der Waals surface area (Å²) in [7, 11) is 0. The molecule has 3 heteroatoms. The summed E-state index contributed by atoms with van der Waals surface area (Å²) < 4.78 is 0. The number of hydrogen-bond acceptors (Lipinski definition) is 2. The Kier molecular flexibility index (Phi) is 3.44. The van der Waals surface area contributed by atoms with Gasteiger partial charge in [-0.1, -0.05) is 6.07 Å². The molecular formula is C15H22N2O. The maximum Gasteiger partial charge on any atom is 0.251 e. The van der Waals surface area contributed by atoms with Gasteiger partial charge < -0.3 is 11.1 Å². The van der Waals surface area contributed by atoms with E-state index in [1.807, 2.05) is 39.0 Å². The lowest BCUT2D eigenvalue weighted by Crippen LogP contribution is -2.53. The van der Waals surface area contributed by atoms with Gasteiger partial charge in [-0.25, -0.2) is 0 Å². The van der Waals surface area contributed by atoms with E-state index in [-0.39, 0.29) is 11.4 Å². The number of amides is 1. The molecule has 1 atom stereocenters. The van der Waals surface area contributed by atoms with E-state index in [2.05, 4.69) is 5.32 Å². The number of carbonyl (C=O) groups excluding carboxylic acids is 1. The summed E-state index contributed by atoms with van der Waals surface area (Å²) in [6.45, 7) is 6.61. The maximum atomic E-state index is 12.2. The van der Waals surface area contributed by atoms with E-state index < -0.39 is 0 Å². The van der Waals surface area contributed by atoms with Crippen molar-refractivity contribution in [2.75, 3.05) is 6.54 Å². The van der Waals surface area contributed by atoms with Crippen LogP contribution in [0.3, 0.4) is 0 Å². The fraction of sp³-hybridized carbons (Fsp3) is 0.533. The van der Waals surface area contributed by atoms with Gasteiger partial charge in [0, 0.05) is 12.1 Å². The molecule has 1 unspecified atom stereocenters. The van der Waals surface area contributed by atoms with Gasteiger partial charge in [-0.05, 0) is 62.8 Å². The Morgan fingerprint density at radius 1 is 1.39 bits per heavy atom. The molecule has 18 heavy (non-hydrogen) atoms. The topological polar surface area (TPSA) is 55.1 Å². The molecule has 0 saturated heterocycles. The van der Waals surface area contributed by atoms with Crippen LogP contribution in [0.15, 0.2) is 18.2 Å². The van der Waals surface area contributed by atoms with Gasteiger partial charge in [0.2, 0.25) is 0 Å². The zero-order valence-electron chi connectivity index (χ0n) is 11.4. The van der Waals surface area contributed by atoms with Crippen LogP contribution in [-0.2, 0) is 0 Å². The van der Waals surface area contributed by atoms with Crippen molar-refractivity contribution in [3.05, 3.63) is 34.9 Å². The van der Waals surface area contributed by atoms with Crippen LogP contribution in [-0.4, -0.2) is 18.0 Å². The summed E-state index contributed by atoms with van der Waals surface area (Å²) in [6.07, 6.45) is 2.34. The number of aryl methyl sites for hydroxylation is 2. The van der Waals surface area contributed by atoms with Crippen molar-refractivity contribution in [2.45, 2.75) is 39.2 Å². The highest BCUT2D eigenvalue weighted by Crippen LogP contribution is 2.39. The van der Waals surface area contributed by atoms with Crippen molar-refractivity contribution in [1.29, 1.82) is 0 Å². The zero-order valence-corrected chi connectivity index (χ0v) is 11.4. The predicted octanol–water partition coefficient (Wildman–Crippen LogP) is 2.16. The number of benzene rings is 1. The summed E-state index contributed by atoms with van der Waals surface area (Å²) in [6, 6.07) is 5.80. The minimum Gasteiger partial charge on any atom is -0.345 e. The zero-order chi connectivity index (χ0) is 13.3. The van der Waals surface area contributed by atoms with E-state index in [1.165, 1.54) is 18.4 Å². The maximum absolute atomic E-state index is 12.2. The van der Waals surface area contributed by atoms with Crippen molar-refractivity contribution in [2.24, 2.45) is 11.7 Å². The van der Waals surface area contributed by atoms with Gasteiger partial charge in [0.05, 0.1) is 5.54 Å². The molecule has 1 aliphatic rings. The van der Waals surface area contributed by atoms with Crippen LogP contribution in [0.25, 0.3) is 0 Å². The van der Waals surface area contributed by atoms with Crippen LogP contribution in [0.4, 0.5) is 0 Å². The monoisotopic (exact) mass is 246 g/mol. The number of rotatable bonds is 4. The number of carbonyl (C=O) groups is 1. The summed E-state index contributed by atoms with van der Waals surface area (Å²) >= 11 is 0. The van der Waals surface area contributed by atoms with Crippen LogP contribution >= 0.6 is 0 Å². The lowest BCUT2D eigenvalue weighted by Gasteiger charge is -2.29. The molecule has 0 bridgehead atoms. The number of nitrogens with two attached hydrogens (primary N) is 1. The van der Waals surface area contributed by atoms with Crippen LogP contribution in [0, 0.1) is 19.8 Å². The predicted molar refractivity (Wildman–Crippen MR) is 73.6 cm³/mol. The highest BCUT2D eigenvalue weighted by Gasteiger charge is 2.41. The molecule has 0 heterocycles. The second-order valence-corrected chi connectivity index (χ2v) is 5.65. The van der Waals surface area contributed by atoms with Gasteiger partial charge in [0.1, 0.15) is 0 Å². The molecule has 1 aliphatic carbocycles. The minimum atomic E-state index is -0.254. The first kappa shape index (κ1) is 13.1. The van der Waals surface area contributed by atoms with Crippen LogP contribution < -0.4 is 11.1 Å². The van der Waals surface area contributed by atoms with Gasteiger partial charge in [0.25, 0.3) is 5.91 Å². The first-order chi connectivity index (χ1) is 8.46. The molecule has 1 aromatic rings. The molecule has 0 aliphatic heterocycles. The van der Waals surface area contributed by atoms with E-state index >= 15 is 0 Å². The molecule has 0 spiro atoms. The van der Waals surface area contributed by atoms with Gasteiger partial charge >= 0.3 is 0 Å². The van der Waals surface area contributed by atoms with E-state index in [0.717, 1.165) is 11.1 Å². The molecule has 98 valence electrons. The number of hydrogen-bond donors (Lipinski definition) is 2. The molecule has 0 aromatic heterocycles. The van der Waals surface area contributed by atoms with Crippen LogP contribution in [0.1, 0.15) is 41.3 Å². The lowest BCUT2D eigenvalue weighted by molar-refractivity contribution is 0.0897. The van der Waals surface area contributed by atoms with Crippen molar-refractivity contribution in [3.63, 3.8) is 0 Å². The third kappa shape index (κ3) is 2.56. The largest absolute Gasteiger partial charge is 0.345 e. The van der Waals surface area contributed by atoms with Crippen molar-refractivity contribution in [1.82, 2.24) is 5.32 Å². The summed E-state index contributed by atoms with van der Waals surface area (Å²) in [4.78, 5) is 12.2. The van der Waals surface area contributed by atoms with Crippen molar-refractivity contribution >= 4 is 5.91 Å². The molecular weight excluding hydrogens is 224 g/mol. The Morgan fingerprint density at radius 3 is 2.56 bits per heavy atom. The van der Waals surface area contributed by atoms with Crippen molar-refractivity contribution < 1.29 is 4.79 Å². The first-order valence-electron chi connectivity index (χ1n) is 6.56. The molecule has 3 nitrogen and oxygen atoms in total. The average Bonchev–Trinajstić information content (AvgIpc) is 3.16. The minimum absolute atomic E-state index is 0.0158. The van der Waals surface area contributed by atoms with E-state index in [9.17, 15) is 4.79 Å². The average molecular weight is 246 g/mol. The number of nitrogens with one attached hydrogen (secondary N) is 1. The fourth-order valence-corrected chi connectivity index (χ4v) is 2.25. The molecule has 1 saturated carbocycles.